The smallest absolute Gasteiger partial charge is 0.404 e. The van der Waals surface area contributed by atoms with Crippen LogP contribution in [0, 0.1) is 29.1 Å². The normalized spacial score (nSPS) is 22.9. The van der Waals surface area contributed by atoms with Gasteiger partial charge in [-0.2, -0.15) is 5.26 Å². The lowest BCUT2D eigenvalue weighted by Crippen LogP contribution is -2.54. The molecule has 3 heterocycles. The summed E-state index contributed by atoms with van der Waals surface area (Å²) in [5.74, 6) is 0.614. The first-order valence-corrected chi connectivity index (χ1v) is 16.9. The fourth-order valence-corrected chi connectivity index (χ4v) is 9.01. The Morgan fingerprint density at radius 1 is 0.955 bits per heavy atom. The number of ether oxygens (including phenoxy) is 1. The van der Waals surface area contributed by atoms with Crippen molar-refractivity contribution < 1.29 is 17.9 Å². The SMILES string of the molecule is N#CC(c1ccccc1)(C1CCN(CC2CN(c3ccc(S(=O)(=O)c4ccncc4)cc3)C2)CC1)[C@H]1CCC[C@@H]1OC(N)=O. The maximum atomic E-state index is 12.9. The number of likely N-dealkylation sites (tertiary alicyclic amines) is 1. The van der Waals surface area contributed by atoms with Crippen LogP contribution >= 0.6 is 0 Å². The number of amides is 1. The van der Waals surface area contributed by atoms with Crippen LogP contribution in [0.4, 0.5) is 10.5 Å². The number of benzene rings is 2. The van der Waals surface area contributed by atoms with Crippen molar-refractivity contribution in [3.05, 3.63) is 84.7 Å². The van der Waals surface area contributed by atoms with Gasteiger partial charge in [-0.15, -0.1) is 0 Å². The minimum Gasteiger partial charge on any atom is -0.446 e. The van der Waals surface area contributed by atoms with Crippen molar-refractivity contribution in [2.75, 3.05) is 37.6 Å². The van der Waals surface area contributed by atoms with Gasteiger partial charge in [0.15, 0.2) is 0 Å². The number of hydrogen-bond donors (Lipinski definition) is 1. The summed E-state index contributed by atoms with van der Waals surface area (Å²) in [6, 6.07) is 23.0. The average Bonchev–Trinajstić information content (AvgIpc) is 3.49. The molecule has 230 valence electrons. The highest BCUT2D eigenvalue weighted by atomic mass is 32.2. The van der Waals surface area contributed by atoms with Crippen LogP contribution in [0.2, 0.25) is 0 Å². The van der Waals surface area contributed by atoms with E-state index in [1.54, 1.807) is 12.1 Å². The quantitative estimate of drug-likeness (QED) is 0.365. The van der Waals surface area contributed by atoms with Gasteiger partial charge in [0.25, 0.3) is 0 Å². The molecule has 1 unspecified atom stereocenters. The molecule has 6 rings (SSSR count). The molecule has 1 amide bonds. The van der Waals surface area contributed by atoms with Gasteiger partial charge in [0, 0.05) is 49.6 Å². The third-order valence-electron chi connectivity index (χ3n) is 9.92. The van der Waals surface area contributed by atoms with E-state index in [1.165, 1.54) is 24.5 Å². The van der Waals surface area contributed by atoms with E-state index in [9.17, 15) is 18.5 Å². The van der Waals surface area contributed by atoms with Crippen LogP contribution in [-0.2, 0) is 20.0 Å². The molecule has 2 aliphatic heterocycles. The van der Waals surface area contributed by atoms with Gasteiger partial charge >= 0.3 is 6.09 Å². The Hall–Kier alpha value is -3.94. The molecule has 3 atom stereocenters. The summed E-state index contributed by atoms with van der Waals surface area (Å²) >= 11 is 0. The molecule has 2 N–H and O–H groups in total. The van der Waals surface area contributed by atoms with Gasteiger partial charge in [0.1, 0.15) is 6.10 Å². The fraction of sp³-hybridized carbons (Fsp3) is 0.441. The van der Waals surface area contributed by atoms with Crippen molar-refractivity contribution >= 4 is 21.6 Å². The van der Waals surface area contributed by atoms with Crippen LogP contribution in [0.5, 0.6) is 0 Å². The van der Waals surface area contributed by atoms with Crippen molar-refractivity contribution in [1.82, 2.24) is 9.88 Å². The second-order valence-corrected chi connectivity index (χ2v) is 14.3. The zero-order valence-corrected chi connectivity index (χ0v) is 25.6. The first-order valence-electron chi connectivity index (χ1n) is 15.5. The molecule has 2 saturated heterocycles. The zero-order chi connectivity index (χ0) is 30.7. The predicted octanol–water partition coefficient (Wildman–Crippen LogP) is 4.79. The lowest BCUT2D eigenvalue weighted by atomic mass is 9.59. The van der Waals surface area contributed by atoms with Crippen LogP contribution in [0.25, 0.3) is 0 Å². The summed E-state index contributed by atoms with van der Waals surface area (Å²) in [6.07, 6.45) is 6.18. The van der Waals surface area contributed by atoms with Crippen LogP contribution in [-0.4, -0.2) is 63.2 Å². The summed E-state index contributed by atoms with van der Waals surface area (Å²) in [5.41, 5.74) is 6.75. The third-order valence-corrected chi connectivity index (χ3v) is 11.7. The molecule has 10 heteroatoms. The summed E-state index contributed by atoms with van der Waals surface area (Å²) in [5, 5.41) is 10.8. The van der Waals surface area contributed by atoms with E-state index in [-0.39, 0.29) is 27.7 Å². The van der Waals surface area contributed by atoms with Gasteiger partial charge < -0.3 is 20.3 Å². The number of pyridine rings is 1. The average molecular weight is 614 g/mol. The number of aromatic nitrogens is 1. The number of sulfone groups is 1. The topological polar surface area (TPSA) is 130 Å². The Balaban J connectivity index is 1.06. The zero-order valence-electron chi connectivity index (χ0n) is 24.8. The van der Waals surface area contributed by atoms with Crippen LogP contribution in [0.15, 0.2) is 88.9 Å². The molecule has 1 aliphatic carbocycles. The Morgan fingerprint density at radius 3 is 2.25 bits per heavy atom. The summed E-state index contributed by atoms with van der Waals surface area (Å²) in [6.45, 7) is 4.70. The Labute approximate surface area is 259 Å². The van der Waals surface area contributed by atoms with Gasteiger partial charge in [-0.25, -0.2) is 13.2 Å². The van der Waals surface area contributed by atoms with Gasteiger partial charge in [0.2, 0.25) is 9.84 Å². The molecule has 2 aromatic carbocycles. The van der Waals surface area contributed by atoms with E-state index < -0.39 is 21.3 Å². The molecular weight excluding hydrogens is 574 g/mol. The number of nitrogens with two attached hydrogens (primary N) is 1. The van der Waals surface area contributed by atoms with E-state index in [4.69, 9.17) is 10.5 Å². The van der Waals surface area contributed by atoms with Gasteiger partial charge in [-0.3, -0.25) is 4.98 Å². The van der Waals surface area contributed by atoms with Crippen molar-refractivity contribution in [3.63, 3.8) is 0 Å². The van der Waals surface area contributed by atoms with E-state index in [2.05, 4.69) is 33.0 Å². The number of carbonyl (C=O) groups is 1. The maximum absolute atomic E-state index is 12.9. The van der Waals surface area contributed by atoms with Gasteiger partial charge in [-0.05, 0) is 93.1 Å². The highest BCUT2D eigenvalue weighted by Gasteiger charge is 2.53. The minimum absolute atomic E-state index is 0.0785. The molecule has 3 aliphatic rings. The molecular formula is C34H39N5O4S. The molecule has 3 aromatic rings. The fourth-order valence-electron chi connectivity index (χ4n) is 7.76. The van der Waals surface area contributed by atoms with E-state index in [0.717, 1.165) is 76.1 Å². The highest BCUT2D eigenvalue weighted by Crippen LogP contribution is 2.51. The van der Waals surface area contributed by atoms with E-state index in [0.29, 0.717) is 5.92 Å². The number of nitriles is 1. The standard InChI is InChI=1S/C34H39N5O4S/c35-24-34(26-5-2-1-3-6-26,31-7-4-8-32(31)43-33(36)40)27-15-19-38(20-16-27)21-25-22-39(23-25)28-9-11-29(12-10-28)44(41,42)30-13-17-37-18-14-30/h1-3,5-6,9-14,17-18,25,27,31-32H,4,7-8,15-16,19-23H2,(H2,36,40)/t31-,32-,34?/m0/s1. The number of piperidine rings is 1. The lowest BCUT2D eigenvalue weighted by Gasteiger charge is -2.47. The summed E-state index contributed by atoms with van der Waals surface area (Å²) < 4.78 is 31.4. The summed E-state index contributed by atoms with van der Waals surface area (Å²) in [4.78, 5) is 20.9. The number of anilines is 1. The number of nitrogens with zero attached hydrogens (tertiary/aromatic N) is 4. The molecule has 0 spiro atoms. The number of carbonyl (C=O) groups excluding carboxylic acids is 1. The van der Waals surface area contributed by atoms with E-state index >= 15 is 0 Å². The number of hydrogen-bond acceptors (Lipinski definition) is 8. The van der Waals surface area contributed by atoms with Crippen molar-refractivity contribution in [2.45, 2.75) is 53.4 Å². The lowest BCUT2D eigenvalue weighted by molar-refractivity contribution is 0.0337. The largest absolute Gasteiger partial charge is 0.446 e. The highest BCUT2D eigenvalue weighted by molar-refractivity contribution is 7.91. The van der Waals surface area contributed by atoms with Crippen LogP contribution in [0.1, 0.15) is 37.7 Å². The van der Waals surface area contributed by atoms with E-state index in [1.807, 2.05) is 30.3 Å². The van der Waals surface area contributed by atoms with Crippen LogP contribution < -0.4 is 10.6 Å². The minimum atomic E-state index is -3.56. The van der Waals surface area contributed by atoms with Gasteiger partial charge in [0.05, 0.1) is 21.3 Å². The second kappa shape index (κ2) is 12.6. The third kappa shape index (κ3) is 5.78. The second-order valence-electron chi connectivity index (χ2n) is 12.4. The Kier molecular flexibility index (Phi) is 8.61. The first-order chi connectivity index (χ1) is 21.3. The maximum Gasteiger partial charge on any atom is 0.404 e. The monoisotopic (exact) mass is 613 g/mol. The van der Waals surface area contributed by atoms with Crippen molar-refractivity contribution in [3.8, 4) is 6.07 Å². The molecule has 1 saturated carbocycles. The molecule has 1 aromatic heterocycles. The molecule has 0 bridgehead atoms. The molecule has 9 nitrogen and oxygen atoms in total. The molecule has 44 heavy (non-hydrogen) atoms. The first kappa shape index (κ1) is 30.1. The Bertz CT molecular complexity index is 1580. The number of rotatable bonds is 9. The number of primary amides is 1. The van der Waals surface area contributed by atoms with Crippen molar-refractivity contribution in [1.29, 1.82) is 5.26 Å². The molecule has 0 radical (unpaired) electrons. The predicted molar refractivity (Wildman–Crippen MR) is 167 cm³/mol. The van der Waals surface area contributed by atoms with Crippen molar-refractivity contribution in [2.24, 2.45) is 23.5 Å². The van der Waals surface area contributed by atoms with Crippen LogP contribution in [0.3, 0.4) is 0 Å². The molecule has 3 fully saturated rings. The summed E-state index contributed by atoms with van der Waals surface area (Å²) in [7, 11) is -3.56. The van der Waals surface area contributed by atoms with Gasteiger partial charge in [-0.1, -0.05) is 30.3 Å². The Morgan fingerprint density at radius 2 is 1.61 bits per heavy atom.